The molecule has 0 aliphatic rings. The van der Waals surface area contributed by atoms with Crippen LogP contribution in [0, 0.1) is 5.92 Å². The molecule has 1 aromatic heterocycles. The van der Waals surface area contributed by atoms with Crippen LogP contribution in [-0.4, -0.2) is 33.3 Å². The molecule has 84 valence electrons. The molecule has 0 aromatic carbocycles. The minimum absolute atomic E-state index is 0.316. The maximum absolute atomic E-state index is 11.2. The van der Waals surface area contributed by atoms with E-state index in [1.54, 1.807) is 6.92 Å². The minimum atomic E-state index is -0.471. The number of aromatic nitrogens is 4. The molecule has 2 N–H and O–H groups in total. The third kappa shape index (κ3) is 3.92. The number of H-pyrrole nitrogens is 1. The van der Waals surface area contributed by atoms with Crippen LogP contribution < -0.4 is 5.32 Å². The summed E-state index contributed by atoms with van der Waals surface area (Å²) >= 11 is 0. The van der Waals surface area contributed by atoms with E-state index in [-0.39, 0.29) is 6.04 Å². The van der Waals surface area contributed by atoms with Crippen LogP contribution in [0.2, 0.25) is 0 Å². The average Bonchev–Trinajstić information content (AvgIpc) is 2.67. The van der Waals surface area contributed by atoms with Crippen molar-refractivity contribution in [1.82, 2.24) is 25.9 Å². The molecule has 1 amide bonds. The van der Waals surface area contributed by atoms with Crippen molar-refractivity contribution in [3.05, 3.63) is 5.82 Å². The highest BCUT2D eigenvalue weighted by Crippen LogP contribution is 2.03. The molecule has 0 aliphatic carbocycles. The lowest BCUT2D eigenvalue weighted by molar-refractivity contribution is 0.129. The molecule has 15 heavy (non-hydrogen) atoms. The Bertz CT molecular complexity index is 298. The quantitative estimate of drug-likeness (QED) is 0.765. The van der Waals surface area contributed by atoms with Crippen LogP contribution in [0.3, 0.4) is 0 Å². The number of aromatic amines is 1. The van der Waals surface area contributed by atoms with Gasteiger partial charge in [-0.15, -0.1) is 10.2 Å². The Balaban J connectivity index is 2.32. The van der Waals surface area contributed by atoms with E-state index in [0.29, 0.717) is 18.3 Å². The Labute approximate surface area is 87.6 Å². The van der Waals surface area contributed by atoms with Crippen LogP contribution in [-0.2, 0) is 4.74 Å². The van der Waals surface area contributed by atoms with Crippen LogP contribution in [0.5, 0.6) is 0 Å². The smallest absolute Gasteiger partial charge is 0.407 e. The lowest BCUT2D eigenvalue weighted by atomic mass is 10.2. The number of nitrogens with zero attached hydrogens (tertiary/aromatic N) is 3. The number of amides is 1. The van der Waals surface area contributed by atoms with Gasteiger partial charge in [-0.25, -0.2) is 4.79 Å². The molecule has 0 radical (unpaired) electrons. The first kappa shape index (κ1) is 11.4. The van der Waals surface area contributed by atoms with Gasteiger partial charge in [-0.1, -0.05) is 19.1 Å². The number of hydrogen-bond acceptors (Lipinski definition) is 5. The number of ether oxygens (including phenoxy) is 1. The highest BCUT2D eigenvalue weighted by atomic mass is 16.5. The zero-order valence-electron chi connectivity index (χ0n) is 9.02. The third-order valence-corrected chi connectivity index (χ3v) is 1.63. The monoisotopic (exact) mass is 213 g/mol. The Hall–Kier alpha value is -1.66. The fraction of sp³-hybridized carbons (Fsp3) is 0.750. The van der Waals surface area contributed by atoms with Gasteiger partial charge < -0.3 is 10.1 Å². The second kappa shape index (κ2) is 5.28. The van der Waals surface area contributed by atoms with Crippen molar-refractivity contribution in [3.63, 3.8) is 0 Å². The van der Waals surface area contributed by atoms with Gasteiger partial charge in [0.25, 0.3) is 0 Å². The predicted octanol–water partition coefficient (Wildman–Crippen LogP) is 0.643. The first-order chi connectivity index (χ1) is 7.09. The average molecular weight is 213 g/mol. The predicted molar refractivity (Wildman–Crippen MR) is 51.9 cm³/mol. The minimum Gasteiger partial charge on any atom is -0.449 e. The lowest BCUT2D eigenvalue weighted by Gasteiger charge is -2.11. The lowest BCUT2D eigenvalue weighted by Crippen LogP contribution is -2.29. The molecule has 1 heterocycles. The Kier molecular flexibility index (Phi) is 4.02. The van der Waals surface area contributed by atoms with Gasteiger partial charge >= 0.3 is 6.09 Å². The molecule has 0 fully saturated rings. The Morgan fingerprint density at radius 1 is 1.53 bits per heavy atom. The van der Waals surface area contributed by atoms with E-state index in [1.165, 1.54) is 0 Å². The van der Waals surface area contributed by atoms with Crippen molar-refractivity contribution >= 4 is 6.09 Å². The molecular formula is C8H15N5O2. The van der Waals surface area contributed by atoms with E-state index in [4.69, 9.17) is 4.74 Å². The fourth-order valence-electron chi connectivity index (χ4n) is 0.878. The molecule has 1 atom stereocenters. The highest BCUT2D eigenvalue weighted by molar-refractivity contribution is 5.67. The van der Waals surface area contributed by atoms with Gasteiger partial charge in [-0.05, 0) is 12.8 Å². The molecular weight excluding hydrogens is 198 g/mol. The number of tetrazole rings is 1. The van der Waals surface area contributed by atoms with Crippen molar-refractivity contribution in [2.45, 2.75) is 26.8 Å². The molecule has 7 nitrogen and oxygen atoms in total. The van der Waals surface area contributed by atoms with Crippen molar-refractivity contribution in [2.75, 3.05) is 6.61 Å². The second-order valence-electron chi connectivity index (χ2n) is 3.63. The summed E-state index contributed by atoms with van der Waals surface area (Å²) < 4.78 is 4.94. The summed E-state index contributed by atoms with van der Waals surface area (Å²) in [5, 5.41) is 15.8. The molecule has 0 bridgehead atoms. The van der Waals surface area contributed by atoms with Gasteiger partial charge in [-0.2, -0.15) is 5.21 Å². The summed E-state index contributed by atoms with van der Waals surface area (Å²) in [6.45, 7) is 6.08. The molecule has 0 aliphatic heterocycles. The largest absolute Gasteiger partial charge is 0.449 e. The molecule has 7 heteroatoms. The zero-order chi connectivity index (χ0) is 11.3. The van der Waals surface area contributed by atoms with Gasteiger partial charge in [0.2, 0.25) is 0 Å². The summed E-state index contributed by atoms with van der Waals surface area (Å²) in [5.41, 5.74) is 0. The maximum atomic E-state index is 11.2. The molecule has 1 unspecified atom stereocenters. The summed E-state index contributed by atoms with van der Waals surface area (Å²) in [6, 6.07) is -0.316. The van der Waals surface area contributed by atoms with E-state index >= 15 is 0 Å². The number of nitrogens with one attached hydrogen (secondary N) is 2. The van der Waals surface area contributed by atoms with Gasteiger partial charge in [0.15, 0.2) is 5.82 Å². The van der Waals surface area contributed by atoms with Crippen molar-refractivity contribution in [3.8, 4) is 0 Å². The van der Waals surface area contributed by atoms with Gasteiger partial charge in [0.1, 0.15) is 0 Å². The molecule has 0 saturated heterocycles. The zero-order valence-corrected chi connectivity index (χ0v) is 9.02. The van der Waals surface area contributed by atoms with Crippen molar-refractivity contribution in [2.24, 2.45) is 5.92 Å². The Morgan fingerprint density at radius 2 is 2.27 bits per heavy atom. The summed E-state index contributed by atoms with van der Waals surface area (Å²) in [6.07, 6.45) is -0.471. The van der Waals surface area contributed by atoms with Crippen LogP contribution in [0.1, 0.15) is 32.6 Å². The van der Waals surface area contributed by atoms with Crippen LogP contribution in [0.25, 0.3) is 0 Å². The summed E-state index contributed by atoms with van der Waals surface area (Å²) in [5.74, 6) is 0.743. The van der Waals surface area contributed by atoms with Gasteiger partial charge in [0, 0.05) is 0 Å². The standard InChI is InChI=1S/C8H15N5O2/c1-5(2)4-15-8(14)9-6(3)7-10-12-13-11-7/h5-6H,4H2,1-3H3,(H,9,14)(H,10,11,12,13). The fourth-order valence-corrected chi connectivity index (χ4v) is 0.878. The van der Waals surface area contributed by atoms with Crippen molar-refractivity contribution < 1.29 is 9.53 Å². The molecule has 1 rings (SSSR count). The molecule has 1 aromatic rings. The van der Waals surface area contributed by atoms with Crippen LogP contribution in [0.15, 0.2) is 0 Å². The SMILES string of the molecule is CC(C)COC(=O)NC(C)c1nn[nH]n1. The van der Waals surface area contributed by atoms with E-state index in [0.717, 1.165) is 0 Å². The number of alkyl carbamates (subject to hydrolysis) is 1. The number of rotatable bonds is 4. The molecule has 0 saturated carbocycles. The Morgan fingerprint density at radius 3 is 2.80 bits per heavy atom. The number of hydrogen-bond donors (Lipinski definition) is 2. The number of carbonyl (C=O) groups is 1. The van der Waals surface area contributed by atoms with Crippen LogP contribution >= 0.6 is 0 Å². The topological polar surface area (TPSA) is 92.8 Å². The van der Waals surface area contributed by atoms with E-state index < -0.39 is 6.09 Å². The number of carbonyl (C=O) groups excluding carboxylic acids is 1. The first-order valence-corrected chi connectivity index (χ1v) is 4.76. The van der Waals surface area contributed by atoms with E-state index in [2.05, 4.69) is 25.9 Å². The first-order valence-electron chi connectivity index (χ1n) is 4.76. The third-order valence-electron chi connectivity index (χ3n) is 1.63. The van der Waals surface area contributed by atoms with Crippen molar-refractivity contribution in [1.29, 1.82) is 0 Å². The maximum Gasteiger partial charge on any atom is 0.407 e. The summed E-state index contributed by atoms with van der Waals surface area (Å²) in [4.78, 5) is 11.2. The van der Waals surface area contributed by atoms with Gasteiger partial charge in [0.05, 0.1) is 12.6 Å². The van der Waals surface area contributed by atoms with E-state index in [9.17, 15) is 4.79 Å². The second-order valence-corrected chi connectivity index (χ2v) is 3.63. The normalized spacial score (nSPS) is 12.5. The highest BCUT2D eigenvalue weighted by Gasteiger charge is 2.14. The van der Waals surface area contributed by atoms with Crippen LogP contribution in [0.4, 0.5) is 4.79 Å². The summed E-state index contributed by atoms with van der Waals surface area (Å²) in [7, 11) is 0. The van der Waals surface area contributed by atoms with E-state index in [1.807, 2.05) is 13.8 Å². The van der Waals surface area contributed by atoms with Gasteiger partial charge in [-0.3, -0.25) is 0 Å². The molecule has 0 spiro atoms.